The van der Waals surface area contributed by atoms with Gasteiger partial charge in [0.05, 0.1) is 11.3 Å². The van der Waals surface area contributed by atoms with E-state index in [1.54, 1.807) is 0 Å². The average molecular weight is 281 g/mol. The number of nitrogens with zero attached hydrogens (tertiary/aromatic N) is 1. The van der Waals surface area contributed by atoms with E-state index in [-0.39, 0.29) is 17.0 Å². The number of phenolic OH excluding ortho intramolecular Hbond substituents is 1. The molecule has 1 rings (SSSR count). The van der Waals surface area contributed by atoms with E-state index in [2.05, 4.69) is 10.6 Å². The van der Waals surface area contributed by atoms with E-state index >= 15 is 0 Å². The molecule has 0 fully saturated rings. The molecule has 0 saturated carbocycles. The average Bonchev–Trinajstić information content (AvgIpc) is 2.36. The van der Waals surface area contributed by atoms with Crippen molar-refractivity contribution in [2.45, 2.75) is 6.42 Å². The summed E-state index contributed by atoms with van der Waals surface area (Å²) in [7, 11) is 3.89. The van der Waals surface area contributed by atoms with Crippen LogP contribution in [0.2, 0.25) is 0 Å². The van der Waals surface area contributed by atoms with Gasteiger partial charge in [-0.3, -0.25) is 0 Å². The fraction of sp³-hybridized carbons (Fsp3) is 0.385. The number of amides is 2. The summed E-state index contributed by atoms with van der Waals surface area (Å²) in [5.41, 5.74) is 0.125. The fourth-order valence-electron chi connectivity index (χ4n) is 1.53. The van der Waals surface area contributed by atoms with Crippen LogP contribution in [0.25, 0.3) is 0 Å². The highest BCUT2D eigenvalue weighted by Crippen LogP contribution is 2.24. The molecule has 0 aliphatic carbocycles. The van der Waals surface area contributed by atoms with Crippen LogP contribution in [0.5, 0.6) is 5.75 Å². The van der Waals surface area contributed by atoms with E-state index in [9.17, 15) is 14.7 Å². The number of rotatable bonds is 6. The quantitative estimate of drug-likeness (QED) is 0.463. The largest absolute Gasteiger partial charge is 0.506 e. The second kappa shape index (κ2) is 7.34. The number of benzene rings is 1. The van der Waals surface area contributed by atoms with Gasteiger partial charge in [0.25, 0.3) is 0 Å². The van der Waals surface area contributed by atoms with Crippen molar-refractivity contribution in [1.29, 1.82) is 0 Å². The van der Waals surface area contributed by atoms with E-state index < -0.39 is 12.0 Å². The third kappa shape index (κ3) is 5.15. The van der Waals surface area contributed by atoms with Crippen LogP contribution in [0, 0.1) is 0 Å². The predicted molar refractivity (Wildman–Crippen MR) is 75.3 cm³/mol. The number of phenols is 1. The number of carboxylic acids is 1. The number of urea groups is 1. The van der Waals surface area contributed by atoms with Crippen LogP contribution in [0.3, 0.4) is 0 Å². The molecular formula is C13H19N3O4. The summed E-state index contributed by atoms with van der Waals surface area (Å²) < 4.78 is 0. The molecule has 0 heterocycles. The van der Waals surface area contributed by atoms with Crippen LogP contribution in [0.4, 0.5) is 10.5 Å². The molecule has 0 spiro atoms. The summed E-state index contributed by atoms with van der Waals surface area (Å²) in [5, 5.41) is 23.5. The van der Waals surface area contributed by atoms with E-state index in [0.717, 1.165) is 19.0 Å². The summed E-state index contributed by atoms with van der Waals surface area (Å²) in [4.78, 5) is 24.3. The molecule has 110 valence electrons. The summed E-state index contributed by atoms with van der Waals surface area (Å²) >= 11 is 0. The molecule has 0 atom stereocenters. The number of carbonyl (C=O) groups excluding carboxylic acids is 1. The van der Waals surface area contributed by atoms with E-state index in [0.29, 0.717) is 6.54 Å². The predicted octanol–water partition coefficient (Wildman–Crippen LogP) is 1.16. The van der Waals surface area contributed by atoms with Gasteiger partial charge in [0.1, 0.15) is 5.75 Å². The SMILES string of the molecule is CN(C)CCCNC(=O)Nc1ccc(C(=O)O)cc1O. The second-order valence-corrected chi connectivity index (χ2v) is 4.57. The van der Waals surface area contributed by atoms with Gasteiger partial charge < -0.3 is 25.7 Å². The van der Waals surface area contributed by atoms with Gasteiger partial charge in [0.2, 0.25) is 0 Å². The van der Waals surface area contributed by atoms with Gasteiger partial charge in [-0.05, 0) is 45.3 Å². The lowest BCUT2D eigenvalue weighted by Gasteiger charge is -2.11. The Morgan fingerprint density at radius 3 is 2.55 bits per heavy atom. The molecule has 0 aliphatic rings. The molecule has 0 radical (unpaired) electrons. The van der Waals surface area contributed by atoms with Crippen LogP contribution < -0.4 is 10.6 Å². The Labute approximate surface area is 117 Å². The van der Waals surface area contributed by atoms with Crippen molar-refractivity contribution in [2.24, 2.45) is 0 Å². The van der Waals surface area contributed by atoms with Crippen LogP contribution >= 0.6 is 0 Å². The molecular weight excluding hydrogens is 262 g/mol. The van der Waals surface area contributed by atoms with Gasteiger partial charge in [-0.2, -0.15) is 0 Å². The van der Waals surface area contributed by atoms with Crippen molar-refractivity contribution >= 4 is 17.7 Å². The topological polar surface area (TPSA) is 102 Å². The van der Waals surface area contributed by atoms with Crippen molar-refractivity contribution in [3.63, 3.8) is 0 Å². The minimum Gasteiger partial charge on any atom is -0.506 e. The Balaban J connectivity index is 2.48. The fourth-order valence-corrected chi connectivity index (χ4v) is 1.53. The molecule has 7 heteroatoms. The molecule has 1 aromatic rings. The summed E-state index contributed by atoms with van der Waals surface area (Å²) in [6.45, 7) is 1.37. The molecule has 1 aromatic carbocycles. The summed E-state index contributed by atoms with van der Waals surface area (Å²) in [5.74, 6) is -1.42. The zero-order chi connectivity index (χ0) is 15.1. The maximum Gasteiger partial charge on any atom is 0.335 e. The van der Waals surface area contributed by atoms with Gasteiger partial charge in [-0.15, -0.1) is 0 Å². The number of anilines is 1. The zero-order valence-electron chi connectivity index (χ0n) is 11.5. The standard InChI is InChI=1S/C13H19N3O4/c1-16(2)7-3-6-14-13(20)15-10-5-4-9(12(18)19)8-11(10)17/h4-5,8,17H,3,6-7H2,1-2H3,(H,18,19)(H2,14,15,20). The maximum absolute atomic E-state index is 11.6. The molecule has 0 saturated heterocycles. The molecule has 4 N–H and O–H groups in total. The van der Waals surface area contributed by atoms with Gasteiger partial charge >= 0.3 is 12.0 Å². The van der Waals surface area contributed by atoms with Gasteiger partial charge in [0, 0.05) is 6.54 Å². The Hall–Kier alpha value is -2.28. The molecule has 0 aliphatic heterocycles. The molecule has 0 bridgehead atoms. The van der Waals surface area contributed by atoms with Crippen LogP contribution in [0.15, 0.2) is 18.2 Å². The number of nitrogens with one attached hydrogen (secondary N) is 2. The maximum atomic E-state index is 11.6. The van der Waals surface area contributed by atoms with E-state index in [4.69, 9.17) is 5.11 Å². The normalized spacial score (nSPS) is 10.3. The third-order valence-corrected chi connectivity index (χ3v) is 2.56. The minimum absolute atomic E-state index is 0.0422. The van der Waals surface area contributed by atoms with Crippen LogP contribution in [-0.2, 0) is 0 Å². The van der Waals surface area contributed by atoms with Gasteiger partial charge in [0.15, 0.2) is 0 Å². The summed E-state index contributed by atoms with van der Waals surface area (Å²) in [6.07, 6.45) is 0.810. The lowest BCUT2D eigenvalue weighted by molar-refractivity contribution is 0.0696. The Bertz CT molecular complexity index is 489. The minimum atomic E-state index is -1.14. The van der Waals surface area contributed by atoms with Crippen LogP contribution in [-0.4, -0.2) is 54.3 Å². The lowest BCUT2D eigenvalue weighted by Crippen LogP contribution is -2.31. The van der Waals surface area contributed by atoms with Gasteiger partial charge in [-0.1, -0.05) is 0 Å². The zero-order valence-corrected chi connectivity index (χ0v) is 11.5. The van der Waals surface area contributed by atoms with E-state index in [1.165, 1.54) is 12.1 Å². The smallest absolute Gasteiger partial charge is 0.335 e. The van der Waals surface area contributed by atoms with Gasteiger partial charge in [-0.25, -0.2) is 9.59 Å². The van der Waals surface area contributed by atoms with Crippen molar-refractivity contribution in [2.75, 3.05) is 32.5 Å². The highest BCUT2D eigenvalue weighted by molar-refractivity contribution is 5.93. The first kappa shape index (κ1) is 15.8. The number of carbonyl (C=O) groups is 2. The highest BCUT2D eigenvalue weighted by Gasteiger charge is 2.09. The van der Waals surface area contributed by atoms with Crippen molar-refractivity contribution < 1.29 is 19.8 Å². The van der Waals surface area contributed by atoms with Crippen molar-refractivity contribution in [3.8, 4) is 5.75 Å². The monoisotopic (exact) mass is 281 g/mol. The number of carboxylic acid groups (broad SMARTS) is 1. The van der Waals surface area contributed by atoms with E-state index in [1.807, 2.05) is 19.0 Å². The first-order valence-electron chi connectivity index (χ1n) is 6.16. The van der Waals surface area contributed by atoms with Crippen molar-refractivity contribution in [1.82, 2.24) is 10.2 Å². The second-order valence-electron chi connectivity index (χ2n) is 4.57. The molecule has 20 heavy (non-hydrogen) atoms. The molecule has 2 amide bonds. The molecule has 0 aromatic heterocycles. The number of hydrogen-bond donors (Lipinski definition) is 4. The molecule has 0 unspecified atom stereocenters. The number of aromatic carboxylic acids is 1. The Morgan fingerprint density at radius 1 is 1.30 bits per heavy atom. The van der Waals surface area contributed by atoms with Crippen molar-refractivity contribution in [3.05, 3.63) is 23.8 Å². The first-order chi connectivity index (χ1) is 9.40. The number of aromatic hydroxyl groups is 1. The Kier molecular flexibility index (Phi) is 5.79. The third-order valence-electron chi connectivity index (χ3n) is 2.56. The first-order valence-corrected chi connectivity index (χ1v) is 6.16. The summed E-state index contributed by atoms with van der Waals surface area (Å²) in [6, 6.07) is 3.30. The lowest BCUT2D eigenvalue weighted by atomic mass is 10.2. The van der Waals surface area contributed by atoms with Crippen LogP contribution in [0.1, 0.15) is 16.8 Å². The number of hydrogen-bond acceptors (Lipinski definition) is 4. The highest BCUT2D eigenvalue weighted by atomic mass is 16.4. The molecule has 7 nitrogen and oxygen atoms in total. The Morgan fingerprint density at radius 2 is 2.00 bits per heavy atom.